The molecule has 0 saturated carbocycles. The molecule has 7 heteroatoms. The Morgan fingerprint density at radius 3 is 2.67 bits per heavy atom. The summed E-state index contributed by atoms with van der Waals surface area (Å²) in [4.78, 5) is -0.389. The predicted molar refractivity (Wildman–Crippen MR) is 67.6 cm³/mol. The summed E-state index contributed by atoms with van der Waals surface area (Å²) in [6.07, 6.45) is -0.287. The first-order valence-electron chi connectivity index (χ1n) is 5.27. The second-order valence-electron chi connectivity index (χ2n) is 3.80. The molecule has 102 valence electrons. The summed E-state index contributed by atoms with van der Waals surface area (Å²) in [5.74, 6) is -0.684. The van der Waals surface area contributed by atoms with Crippen LogP contribution in [-0.4, -0.2) is 28.2 Å². The highest BCUT2D eigenvalue weighted by molar-refractivity contribution is 7.89. The van der Waals surface area contributed by atoms with Gasteiger partial charge in [-0.3, -0.25) is 0 Å². The van der Waals surface area contributed by atoms with Crippen LogP contribution < -0.4 is 4.72 Å². The highest BCUT2D eigenvalue weighted by Gasteiger charge is 2.19. The molecule has 0 bridgehead atoms. The second kappa shape index (κ2) is 6.47. The maximum atomic E-state index is 13.6. The van der Waals surface area contributed by atoms with Crippen LogP contribution in [0, 0.1) is 5.82 Å². The highest BCUT2D eigenvalue weighted by Crippen LogP contribution is 2.17. The van der Waals surface area contributed by atoms with Crippen LogP contribution in [0.3, 0.4) is 0 Å². The van der Waals surface area contributed by atoms with Crippen molar-refractivity contribution >= 4 is 21.6 Å². The smallest absolute Gasteiger partial charge is 0.243 e. The summed E-state index contributed by atoms with van der Waals surface area (Å²) in [5.41, 5.74) is 0.526. The molecule has 4 nitrogen and oxygen atoms in total. The molecule has 1 aromatic rings. The fourth-order valence-electron chi connectivity index (χ4n) is 1.23. The first-order valence-corrected chi connectivity index (χ1v) is 7.29. The molecule has 18 heavy (non-hydrogen) atoms. The van der Waals surface area contributed by atoms with Gasteiger partial charge in [0.05, 0.1) is 6.10 Å². The molecule has 1 aromatic carbocycles. The zero-order valence-corrected chi connectivity index (χ0v) is 11.7. The van der Waals surface area contributed by atoms with Crippen molar-refractivity contribution in [2.75, 3.05) is 13.7 Å². The molecular weight excluding hydrogens is 281 g/mol. The van der Waals surface area contributed by atoms with Gasteiger partial charge in [-0.25, -0.2) is 17.5 Å². The molecular formula is C11H15ClFNO3S. The number of hydrogen-bond acceptors (Lipinski definition) is 3. The number of halogens is 2. The largest absolute Gasteiger partial charge is 0.380 e. The number of hydrogen-bond donors (Lipinski definition) is 1. The lowest BCUT2D eigenvalue weighted by Crippen LogP contribution is -2.32. The van der Waals surface area contributed by atoms with Gasteiger partial charge in [0, 0.05) is 19.5 Å². The van der Waals surface area contributed by atoms with Gasteiger partial charge in [0.15, 0.2) is 0 Å². The Kier molecular flexibility index (Phi) is 5.52. The first-order chi connectivity index (χ1) is 8.40. The molecule has 0 aliphatic heterocycles. The van der Waals surface area contributed by atoms with E-state index in [1.807, 2.05) is 0 Å². The molecule has 0 fully saturated rings. The van der Waals surface area contributed by atoms with Crippen LogP contribution in [0.4, 0.5) is 4.39 Å². The molecule has 0 heterocycles. The van der Waals surface area contributed by atoms with Gasteiger partial charge in [0.2, 0.25) is 10.0 Å². The first kappa shape index (κ1) is 15.4. The topological polar surface area (TPSA) is 55.4 Å². The molecule has 1 N–H and O–H groups in total. The third-order valence-electron chi connectivity index (χ3n) is 2.40. The fraction of sp³-hybridized carbons (Fsp3) is 0.455. The van der Waals surface area contributed by atoms with Crippen LogP contribution in [-0.2, 0) is 20.6 Å². The zero-order chi connectivity index (χ0) is 13.8. The average molecular weight is 296 g/mol. The van der Waals surface area contributed by atoms with Crippen LogP contribution in [0.1, 0.15) is 12.5 Å². The van der Waals surface area contributed by atoms with Gasteiger partial charge in [0.25, 0.3) is 0 Å². The number of benzene rings is 1. The van der Waals surface area contributed by atoms with Gasteiger partial charge < -0.3 is 4.74 Å². The summed E-state index contributed by atoms with van der Waals surface area (Å²) in [6.45, 7) is 1.78. The predicted octanol–water partition coefficient (Wildman–Crippen LogP) is 1.88. The van der Waals surface area contributed by atoms with Crippen molar-refractivity contribution in [3.05, 3.63) is 29.6 Å². The minimum absolute atomic E-state index is 0.0789. The third-order valence-corrected chi connectivity index (χ3v) is 4.17. The summed E-state index contributed by atoms with van der Waals surface area (Å²) in [5, 5.41) is 0. The summed E-state index contributed by atoms with van der Waals surface area (Å²) in [7, 11) is -2.40. The van der Waals surface area contributed by atoms with E-state index in [4.69, 9.17) is 16.3 Å². The SMILES string of the molecule is COC(C)CNS(=O)(=O)c1ccc(CCl)cc1F. The normalized spacial score (nSPS) is 13.6. The summed E-state index contributed by atoms with van der Waals surface area (Å²) in [6, 6.07) is 3.79. The van der Waals surface area contributed by atoms with Gasteiger partial charge in [-0.15, -0.1) is 11.6 Å². The summed E-state index contributed by atoms with van der Waals surface area (Å²) >= 11 is 5.54. The Bertz CT molecular complexity index is 507. The van der Waals surface area contributed by atoms with Gasteiger partial charge in [-0.05, 0) is 24.6 Å². The van der Waals surface area contributed by atoms with E-state index in [-0.39, 0.29) is 23.4 Å². The van der Waals surface area contributed by atoms with Crippen LogP contribution in [0.5, 0.6) is 0 Å². The van der Waals surface area contributed by atoms with Crippen LogP contribution in [0.25, 0.3) is 0 Å². The molecule has 0 radical (unpaired) electrons. The molecule has 0 aromatic heterocycles. The Labute approximate surface area is 111 Å². The van der Waals surface area contributed by atoms with Gasteiger partial charge in [-0.2, -0.15) is 0 Å². The van der Waals surface area contributed by atoms with Crippen molar-refractivity contribution in [1.29, 1.82) is 0 Å². The zero-order valence-electron chi connectivity index (χ0n) is 10.1. The maximum absolute atomic E-state index is 13.6. The second-order valence-corrected chi connectivity index (χ2v) is 5.80. The van der Waals surface area contributed by atoms with E-state index in [0.29, 0.717) is 5.56 Å². The highest BCUT2D eigenvalue weighted by atomic mass is 35.5. The van der Waals surface area contributed by atoms with E-state index >= 15 is 0 Å². The minimum atomic E-state index is -3.87. The summed E-state index contributed by atoms with van der Waals surface area (Å²) < 4.78 is 44.5. The van der Waals surface area contributed by atoms with E-state index in [2.05, 4.69) is 4.72 Å². The minimum Gasteiger partial charge on any atom is -0.380 e. The molecule has 1 rings (SSSR count). The monoisotopic (exact) mass is 295 g/mol. The molecule has 0 saturated heterocycles. The molecule has 0 aliphatic rings. The Morgan fingerprint density at radius 1 is 1.50 bits per heavy atom. The van der Waals surface area contributed by atoms with Crippen molar-refractivity contribution in [2.24, 2.45) is 0 Å². The Balaban J connectivity index is 2.91. The Hall–Kier alpha value is -0.690. The van der Waals surface area contributed by atoms with Crippen molar-refractivity contribution in [1.82, 2.24) is 4.72 Å². The number of rotatable bonds is 6. The van der Waals surface area contributed by atoms with Crippen molar-refractivity contribution in [3.63, 3.8) is 0 Å². The van der Waals surface area contributed by atoms with E-state index in [1.54, 1.807) is 6.92 Å². The van der Waals surface area contributed by atoms with Crippen LogP contribution in [0.15, 0.2) is 23.1 Å². The quantitative estimate of drug-likeness (QED) is 0.815. The molecule has 1 unspecified atom stereocenters. The van der Waals surface area contributed by atoms with Crippen molar-refractivity contribution < 1.29 is 17.5 Å². The van der Waals surface area contributed by atoms with E-state index in [1.165, 1.54) is 19.2 Å². The average Bonchev–Trinajstić information content (AvgIpc) is 2.35. The van der Waals surface area contributed by atoms with Crippen molar-refractivity contribution in [3.8, 4) is 0 Å². The number of sulfonamides is 1. The van der Waals surface area contributed by atoms with Crippen molar-refractivity contribution in [2.45, 2.75) is 23.8 Å². The lowest BCUT2D eigenvalue weighted by atomic mass is 10.2. The number of alkyl halides is 1. The molecule has 0 amide bonds. The van der Waals surface area contributed by atoms with Crippen LogP contribution in [0.2, 0.25) is 0 Å². The van der Waals surface area contributed by atoms with Gasteiger partial charge >= 0.3 is 0 Å². The number of methoxy groups -OCH3 is 1. The van der Waals surface area contributed by atoms with E-state index in [9.17, 15) is 12.8 Å². The van der Waals surface area contributed by atoms with E-state index in [0.717, 1.165) is 6.07 Å². The standard InChI is InChI=1S/C11H15ClFNO3S/c1-8(17-2)7-14-18(15,16)11-4-3-9(6-12)5-10(11)13/h3-5,8,14H,6-7H2,1-2H3. The molecule has 0 aliphatic carbocycles. The number of ether oxygens (including phenoxy) is 1. The Morgan fingerprint density at radius 2 is 2.17 bits per heavy atom. The third kappa shape index (κ3) is 3.91. The number of nitrogens with one attached hydrogen (secondary N) is 1. The van der Waals surface area contributed by atoms with Crippen LogP contribution >= 0.6 is 11.6 Å². The lowest BCUT2D eigenvalue weighted by Gasteiger charge is -2.12. The van der Waals surface area contributed by atoms with Gasteiger partial charge in [-0.1, -0.05) is 6.07 Å². The lowest BCUT2D eigenvalue weighted by molar-refractivity contribution is 0.122. The van der Waals surface area contributed by atoms with E-state index < -0.39 is 15.8 Å². The van der Waals surface area contributed by atoms with Gasteiger partial charge in [0.1, 0.15) is 10.7 Å². The molecule has 0 spiro atoms. The maximum Gasteiger partial charge on any atom is 0.243 e. The molecule has 1 atom stereocenters. The fourth-order valence-corrected chi connectivity index (χ4v) is 2.57.